The summed E-state index contributed by atoms with van der Waals surface area (Å²) >= 11 is 0. The van der Waals surface area contributed by atoms with Crippen molar-refractivity contribution in [2.75, 3.05) is 46.9 Å². The number of aliphatic hydroxyl groups is 3. The third kappa shape index (κ3) is 4.35. The average molecular weight is 743 g/mol. The van der Waals surface area contributed by atoms with Crippen molar-refractivity contribution in [3.63, 3.8) is 0 Å². The highest BCUT2D eigenvalue weighted by molar-refractivity contribution is 5.91. The predicted octanol–water partition coefficient (Wildman–Crippen LogP) is 2.89. The number of aliphatic carboxylic acids is 2. The maximum atomic E-state index is 14.6. The SMILES string of the molecule is CC[C@]1(O)C[C@@H]2CN(CCc3c([nH]c4ccccc34)[C@@](C(=O)O)(C3C=C4C(=CC3OC)N(C)[C@H]3[C@@](O)(C(=O)O)[C@H](O)[C@]5(CC)C=CCN6CC[C@]43[C@@H]65)C2)C1. The van der Waals surface area contributed by atoms with Gasteiger partial charge in [0.25, 0.3) is 0 Å². The first-order valence-corrected chi connectivity index (χ1v) is 19.8. The fourth-order valence-electron chi connectivity index (χ4n) is 13.3. The van der Waals surface area contributed by atoms with Gasteiger partial charge in [0.15, 0.2) is 0 Å². The largest absolute Gasteiger partial charge is 0.481 e. The molecule has 290 valence electrons. The number of hydrogen-bond donors (Lipinski definition) is 6. The number of ether oxygens (including phenoxy) is 1. The van der Waals surface area contributed by atoms with E-state index in [0.29, 0.717) is 76.2 Å². The third-order valence-electron chi connectivity index (χ3n) is 15.4. The Morgan fingerprint density at radius 2 is 1.80 bits per heavy atom. The molecule has 1 spiro atoms. The molecule has 3 unspecified atom stereocenters. The standard InChI is InChI=1S/C42H54N4O8/c1-5-38(52)20-24-21-41(36(48)49,32-26(12-16-45(22-24)23-38)25-10-7-8-11-29(25)43-32)28-18-27-30(19-31(28)54-4)44(3)34-40(27)14-17-46-15-9-13-39(6-2,33(40)46)35(47)42(34,53)37(50)51/h7-11,13,18-19,24,28,31,33-35,43,47,52-53H,5-6,12,14-17,20-23H2,1-4H3,(H,48,49)(H,50,51)/t24-,28?,31?,33-,34+,35+,38-,39+,40+,41-,42-/m0/s1. The zero-order valence-corrected chi connectivity index (χ0v) is 31.7. The molecule has 54 heavy (non-hydrogen) atoms. The first-order chi connectivity index (χ1) is 25.8. The minimum absolute atomic E-state index is 0.143. The van der Waals surface area contributed by atoms with Crippen molar-refractivity contribution in [1.29, 1.82) is 0 Å². The van der Waals surface area contributed by atoms with Crippen LogP contribution < -0.4 is 0 Å². The van der Waals surface area contributed by atoms with Crippen LogP contribution in [-0.4, -0.2) is 140 Å². The summed E-state index contributed by atoms with van der Waals surface area (Å²) in [5.74, 6) is -3.34. The number of aromatic amines is 1. The number of aromatic nitrogens is 1. The maximum absolute atomic E-state index is 14.6. The number of likely N-dealkylation sites (tertiary alicyclic amines) is 1. The van der Waals surface area contributed by atoms with Crippen LogP contribution >= 0.6 is 0 Å². The number of para-hydroxylation sites is 1. The average Bonchev–Trinajstić information content (AvgIpc) is 3.82. The zero-order valence-electron chi connectivity index (χ0n) is 31.7. The van der Waals surface area contributed by atoms with Gasteiger partial charge in [-0.2, -0.15) is 0 Å². The monoisotopic (exact) mass is 742 g/mol. The molecule has 12 nitrogen and oxygen atoms in total. The molecule has 12 atom stereocenters. The molecule has 7 aliphatic rings. The molecule has 1 saturated carbocycles. The van der Waals surface area contributed by atoms with Crippen LogP contribution in [0.2, 0.25) is 0 Å². The Bertz CT molecular complexity index is 2010. The molecule has 1 aromatic carbocycles. The number of aliphatic hydroxyl groups excluding tert-OH is 1. The molecule has 12 heteroatoms. The van der Waals surface area contributed by atoms with Crippen molar-refractivity contribution in [3.05, 3.63) is 71.1 Å². The van der Waals surface area contributed by atoms with Gasteiger partial charge in [0.2, 0.25) is 5.60 Å². The molecule has 6 heterocycles. The summed E-state index contributed by atoms with van der Waals surface area (Å²) in [5, 5.41) is 60.4. The van der Waals surface area contributed by atoms with E-state index in [-0.39, 0.29) is 18.4 Å². The first kappa shape index (κ1) is 36.1. The number of likely N-dealkylation sites (N-methyl/N-ethyl adjacent to an activating group) is 1. The molecule has 6 N–H and O–H groups in total. The highest BCUT2D eigenvalue weighted by Gasteiger charge is 2.80. The van der Waals surface area contributed by atoms with Crippen molar-refractivity contribution in [3.8, 4) is 0 Å². The minimum Gasteiger partial charge on any atom is -0.481 e. The molecular weight excluding hydrogens is 688 g/mol. The van der Waals surface area contributed by atoms with Crippen LogP contribution in [0.25, 0.3) is 10.9 Å². The topological polar surface area (TPSA) is 170 Å². The number of methoxy groups -OCH3 is 1. The van der Waals surface area contributed by atoms with Crippen LogP contribution in [0.4, 0.5) is 0 Å². The molecule has 5 aliphatic heterocycles. The van der Waals surface area contributed by atoms with Gasteiger partial charge in [-0.25, -0.2) is 4.79 Å². The van der Waals surface area contributed by atoms with Crippen LogP contribution in [0.5, 0.6) is 0 Å². The Kier molecular flexibility index (Phi) is 8.02. The lowest BCUT2D eigenvalue weighted by Crippen LogP contribution is -2.79. The van der Waals surface area contributed by atoms with Gasteiger partial charge in [-0.1, -0.05) is 50.3 Å². The lowest BCUT2D eigenvalue weighted by molar-refractivity contribution is -0.233. The summed E-state index contributed by atoms with van der Waals surface area (Å²) in [6.07, 6.45) is 8.47. The van der Waals surface area contributed by atoms with E-state index in [1.807, 2.05) is 61.2 Å². The number of allylic oxidation sites excluding steroid dienone is 1. The Morgan fingerprint density at radius 1 is 1.02 bits per heavy atom. The van der Waals surface area contributed by atoms with Crippen molar-refractivity contribution in [2.45, 2.75) is 93.3 Å². The molecule has 9 rings (SSSR count). The number of H-pyrrole nitrogens is 1. The Hall–Kier alpha value is -3.52. The second kappa shape index (κ2) is 12.0. The van der Waals surface area contributed by atoms with E-state index < -0.39 is 63.6 Å². The predicted molar refractivity (Wildman–Crippen MR) is 201 cm³/mol. The fraction of sp³-hybridized carbons (Fsp3) is 0.619. The van der Waals surface area contributed by atoms with Crippen molar-refractivity contribution >= 4 is 22.8 Å². The highest BCUT2D eigenvalue weighted by Crippen LogP contribution is 2.69. The summed E-state index contributed by atoms with van der Waals surface area (Å²) in [7, 11) is 3.38. The number of nitrogens with one attached hydrogen (secondary N) is 1. The molecule has 1 aromatic heterocycles. The lowest BCUT2D eigenvalue weighted by atomic mass is 9.47. The molecule has 4 fully saturated rings. The summed E-state index contributed by atoms with van der Waals surface area (Å²) in [5.41, 5.74) is -3.00. The van der Waals surface area contributed by atoms with Crippen LogP contribution in [0.15, 0.2) is 59.8 Å². The van der Waals surface area contributed by atoms with Crippen molar-refractivity contribution in [1.82, 2.24) is 19.7 Å². The number of benzene rings is 1. The number of nitrogens with zero attached hydrogens (tertiary/aromatic N) is 3. The second-order valence-corrected chi connectivity index (χ2v) is 17.6. The van der Waals surface area contributed by atoms with E-state index in [4.69, 9.17) is 4.74 Å². The van der Waals surface area contributed by atoms with Crippen LogP contribution in [-0.2, 0) is 26.2 Å². The number of fused-ring (bicyclic) bond motifs is 6. The Morgan fingerprint density at radius 3 is 2.50 bits per heavy atom. The number of carboxylic acid groups (broad SMARTS) is 2. The third-order valence-corrected chi connectivity index (χ3v) is 15.4. The van der Waals surface area contributed by atoms with Gasteiger partial charge in [-0.3, -0.25) is 14.6 Å². The molecule has 2 aromatic rings. The maximum Gasteiger partial charge on any atom is 0.340 e. The van der Waals surface area contributed by atoms with Crippen molar-refractivity contribution in [2.24, 2.45) is 22.7 Å². The fourth-order valence-corrected chi connectivity index (χ4v) is 13.3. The van der Waals surface area contributed by atoms with E-state index >= 15 is 0 Å². The van der Waals surface area contributed by atoms with E-state index in [1.54, 1.807) is 14.2 Å². The van der Waals surface area contributed by atoms with E-state index in [1.165, 1.54) is 0 Å². The van der Waals surface area contributed by atoms with Gasteiger partial charge < -0.3 is 40.2 Å². The molecular formula is C42H54N4O8. The van der Waals surface area contributed by atoms with Gasteiger partial charge in [0.05, 0.1) is 17.7 Å². The number of carbonyl (C=O) groups is 2. The molecule has 3 saturated heterocycles. The number of piperidine rings is 1. The Balaban J connectivity index is 1.31. The van der Waals surface area contributed by atoms with Gasteiger partial charge in [-0.15, -0.1) is 0 Å². The van der Waals surface area contributed by atoms with E-state index in [0.717, 1.165) is 22.0 Å². The van der Waals surface area contributed by atoms with Gasteiger partial charge in [0, 0.05) is 85.4 Å². The molecule has 2 bridgehead atoms. The molecule has 0 amide bonds. The summed E-state index contributed by atoms with van der Waals surface area (Å²) in [6, 6.07) is 6.61. The second-order valence-electron chi connectivity index (χ2n) is 17.6. The molecule has 2 aliphatic carbocycles. The summed E-state index contributed by atoms with van der Waals surface area (Å²) in [4.78, 5) is 38.1. The van der Waals surface area contributed by atoms with Crippen molar-refractivity contribution < 1.29 is 39.9 Å². The van der Waals surface area contributed by atoms with Gasteiger partial charge >= 0.3 is 11.9 Å². The smallest absolute Gasteiger partial charge is 0.340 e. The normalized spacial score (nSPS) is 43.9. The number of rotatable bonds is 6. The van der Waals surface area contributed by atoms with Crippen LogP contribution in [0, 0.1) is 22.7 Å². The lowest BCUT2D eigenvalue weighted by Gasteiger charge is -2.62. The van der Waals surface area contributed by atoms with Gasteiger partial charge in [0.1, 0.15) is 11.5 Å². The molecule has 0 radical (unpaired) electrons. The minimum atomic E-state index is -2.53. The Labute approximate surface area is 315 Å². The quantitative estimate of drug-likeness (QED) is 0.241. The van der Waals surface area contributed by atoms with Crippen LogP contribution in [0.1, 0.15) is 57.2 Å². The van der Waals surface area contributed by atoms with Crippen LogP contribution in [0.3, 0.4) is 0 Å². The summed E-state index contributed by atoms with van der Waals surface area (Å²) in [6.45, 7) is 7.10. The van der Waals surface area contributed by atoms with Gasteiger partial charge in [-0.05, 0) is 74.3 Å². The zero-order chi connectivity index (χ0) is 38.2. The summed E-state index contributed by atoms with van der Waals surface area (Å²) < 4.78 is 6.31. The van der Waals surface area contributed by atoms with E-state index in [2.05, 4.69) is 20.9 Å². The number of hydrogen-bond acceptors (Lipinski definition) is 9. The number of carboxylic acids is 2. The highest BCUT2D eigenvalue weighted by atomic mass is 16.5. The first-order valence-electron chi connectivity index (χ1n) is 19.8. The van der Waals surface area contributed by atoms with E-state index in [9.17, 15) is 35.1 Å².